The van der Waals surface area contributed by atoms with E-state index >= 15 is 0 Å². The number of benzene rings is 1. The van der Waals surface area contributed by atoms with Crippen molar-refractivity contribution in [2.45, 2.75) is 13.3 Å². The number of hydrogen-bond acceptors (Lipinski definition) is 4. The van der Waals surface area contributed by atoms with Gasteiger partial charge in [0.15, 0.2) is 5.75 Å². The Labute approximate surface area is 81.8 Å². The Morgan fingerprint density at radius 2 is 2.36 bits per heavy atom. The van der Waals surface area contributed by atoms with Gasteiger partial charge in [0, 0.05) is 19.2 Å². The predicted molar refractivity (Wildman–Crippen MR) is 51.0 cm³/mol. The zero-order valence-corrected chi connectivity index (χ0v) is 7.87. The van der Waals surface area contributed by atoms with Gasteiger partial charge in [-0.1, -0.05) is 0 Å². The molecule has 4 heteroatoms. The summed E-state index contributed by atoms with van der Waals surface area (Å²) in [6, 6.07) is 5.56. The molecule has 0 bridgehead atoms. The molecule has 1 aliphatic rings. The fourth-order valence-electron chi connectivity index (χ4n) is 1.44. The number of carbonyl (C=O) groups excluding carboxylic acids is 1. The Kier molecular flexibility index (Phi) is 2.26. The van der Waals surface area contributed by atoms with Crippen molar-refractivity contribution in [1.29, 1.82) is 0 Å². The molecular weight excluding hydrogens is 182 g/mol. The quantitative estimate of drug-likeness (QED) is 0.571. The second-order valence-electron chi connectivity index (χ2n) is 3.15. The normalized spacial score (nSPS) is 12.9. The molecule has 1 N–H and O–H groups in total. The van der Waals surface area contributed by atoms with Gasteiger partial charge in [0.2, 0.25) is 0 Å². The molecule has 1 aliphatic heterocycles. The van der Waals surface area contributed by atoms with Gasteiger partial charge >= 0.3 is 5.97 Å². The topological polar surface area (TPSA) is 47.6 Å². The van der Waals surface area contributed by atoms with Crippen molar-refractivity contribution < 1.29 is 14.6 Å². The van der Waals surface area contributed by atoms with E-state index in [1.165, 1.54) is 12.5 Å². The lowest BCUT2D eigenvalue weighted by Crippen LogP contribution is -2.02. The lowest BCUT2D eigenvalue weighted by Gasteiger charge is -2.04. The van der Waals surface area contributed by atoms with E-state index in [4.69, 9.17) is 4.89 Å². The third-order valence-corrected chi connectivity index (χ3v) is 2.04. The highest BCUT2D eigenvalue weighted by Crippen LogP contribution is 2.26. The number of fused-ring (bicyclic) bond motifs is 1. The Balaban J connectivity index is 2.09. The average Bonchev–Trinajstić information content (AvgIpc) is 2.61. The van der Waals surface area contributed by atoms with Crippen LogP contribution in [0.15, 0.2) is 18.2 Å². The predicted octanol–water partition coefficient (Wildman–Crippen LogP) is 1.51. The number of nitrogens with one attached hydrogen (secondary N) is 1. The second-order valence-corrected chi connectivity index (χ2v) is 3.15. The van der Waals surface area contributed by atoms with Crippen molar-refractivity contribution in [3.8, 4) is 5.75 Å². The second kappa shape index (κ2) is 3.57. The van der Waals surface area contributed by atoms with E-state index in [1.807, 2.05) is 12.1 Å². The maximum atomic E-state index is 10.5. The van der Waals surface area contributed by atoms with E-state index in [1.54, 1.807) is 6.07 Å². The molecule has 0 amide bonds. The van der Waals surface area contributed by atoms with Gasteiger partial charge in [0.1, 0.15) is 0 Å². The van der Waals surface area contributed by atoms with Crippen LogP contribution in [0, 0.1) is 0 Å². The van der Waals surface area contributed by atoms with Gasteiger partial charge < -0.3 is 5.32 Å². The first-order valence-electron chi connectivity index (χ1n) is 4.47. The largest absolute Gasteiger partial charge is 0.384 e. The summed E-state index contributed by atoms with van der Waals surface area (Å²) in [4.78, 5) is 19.7. The molecule has 0 aliphatic carbocycles. The molecule has 1 aromatic rings. The Hall–Kier alpha value is -1.71. The van der Waals surface area contributed by atoms with Crippen molar-refractivity contribution in [3.05, 3.63) is 23.8 Å². The summed E-state index contributed by atoms with van der Waals surface area (Å²) in [6.07, 6.45) is 0.979. The highest BCUT2D eigenvalue weighted by Gasteiger charge is 2.11. The highest BCUT2D eigenvalue weighted by atomic mass is 17.2. The molecule has 4 nitrogen and oxygen atoms in total. The molecule has 0 unspecified atom stereocenters. The molecule has 0 atom stereocenters. The maximum absolute atomic E-state index is 10.5. The fourth-order valence-corrected chi connectivity index (χ4v) is 1.44. The van der Waals surface area contributed by atoms with Crippen molar-refractivity contribution in [2.75, 3.05) is 11.9 Å². The molecule has 1 heterocycles. The van der Waals surface area contributed by atoms with Crippen LogP contribution in [0.3, 0.4) is 0 Å². The number of anilines is 1. The van der Waals surface area contributed by atoms with Crippen LogP contribution < -0.4 is 10.2 Å². The lowest BCUT2D eigenvalue weighted by atomic mass is 10.1. The van der Waals surface area contributed by atoms with Gasteiger partial charge in [-0.2, -0.15) is 0 Å². The Morgan fingerprint density at radius 3 is 3.14 bits per heavy atom. The van der Waals surface area contributed by atoms with Gasteiger partial charge in [-0.05, 0) is 30.2 Å². The van der Waals surface area contributed by atoms with E-state index in [0.717, 1.165) is 18.7 Å². The van der Waals surface area contributed by atoms with Gasteiger partial charge in [-0.15, -0.1) is 0 Å². The molecule has 0 saturated heterocycles. The van der Waals surface area contributed by atoms with Gasteiger partial charge in [-0.3, -0.25) is 9.78 Å². The summed E-state index contributed by atoms with van der Waals surface area (Å²) in [5.41, 5.74) is 2.31. The minimum atomic E-state index is -0.455. The standard InChI is InChI=1S/C10H11NO3/c1-7(12)13-14-9-2-3-10-8(6-9)4-5-11-10/h2-3,6,11H,4-5H2,1H3. The van der Waals surface area contributed by atoms with Gasteiger partial charge in [-0.25, -0.2) is 4.79 Å². The van der Waals surface area contributed by atoms with E-state index in [2.05, 4.69) is 10.2 Å². The molecule has 2 rings (SSSR count). The third-order valence-electron chi connectivity index (χ3n) is 2.04. The molecule has 0 radical (unpaired) electrons. The van der Waals surface area contributed by atoms with E-state index in [-0.39, 0.29) is 0 Å². The van der Waals surface area contributed by atoms with Crippen LogP contribution in [0.4, 0.5) is 5.69 Å². The third kappa shape index (κ3) is 1.79. The first kappa shape index (κ1) is 8.87. The van der Waals surface area contributed by atoms with E-state index in [0.29, 0.717) is 5.75 Å². The molecule has 0 aromatic heterocycles. The van der Waals surface area contributed by atoms with Crippen LogP contribution in [-0.4, -0.2) is 12.5 Å². The fraction of sp³-hybridized carbons (Fsp3) is 0.300. The van der Waals surface area contributed by atoms with Crippen LogP contribution >= 0.6 is 0 Å². The first-order chi connectivity index (χ1) is 6.75. The SMILES string of the molecule is CC(=O)OOc1ccc2c(c1)CCN2. The maximum Gasteiger partial charge on any atom is 0.352 e. The van der Waals surface area contributed by atoms with Crippen LogP contribution in [0.25, 0.3) is 0 Å². The molecule has 0 saturated carbocycles. The first-order valence-corrected chi connectivity index (χ1v) is 4.47. The Bertz CT molecular complexity index is 362. The van der Waals surface area contributed by atoms with Crippen LogP contribution in [0.5, 0.6) is 5.75 Å². The van der Waals surface area contributed by atoms with Crippen LogP contribution in [-0.2, 0) is 16.1 Å². The highest BCUT2D eigenvalue weighted by molar-refractivity contribution is 5.65. The average molecular weight is 193 g/mol. The summed E-state index contributed by atoms with van der Waals surface area (Å²) in [5, 5.41) is 3.23. The zero-order valence-electron chi connectivity index (χ0n) is 7.87. The molecule has 0 spiro atoms. The molecule has 0 fully saturated rings. The molecule has 14 heavy (non-hydrogen) atoms. The number of carbonyl (C=O) groups is 1. The van der Waals surface area contributed by atoms with Crippen LogP contribution in [0.2, 0.25) is 0 Å². The zero-order chi connectivity index (χ0) is 9.97. The number of rotatable bonds is 2. The van der Waals surface area contributed by atoms with Crippen LogP contribution in [0.1, 0.15) is 12.5 Å². The van der Waals surface area contributed by atoms with E-state index < -0.39 is 5.97 Å². The summed E-state index contributed by atoms with van der Waals surface area (Å²) >= 11 is 0. The van der Waals surface area contributed by atoms with Crippen molar-refractivity contribution in [2.24, 2.45) is 0 Å². The Morgan fingerprint density at radius 1 is 1.50 bits per heavy atom. The smallest absolute Gasteiger partial charge is 0.352 e. The summed E-state index contributed by atoms with van der Waals surface area (Å²) in [6.45, 7) is 2.25. The molecule has 74 valence electrons. The van der Waals surface area contributed by atoms with E-state index in [9.17, 15) is 4.79 Å². The summed E-state index contributed by atoms with van der Waals surface area (Å²) in [7, 11) is 0. The van der Waals surface area contributed by atoms with Gasteiger partial charge in [0.05, 0.1) is 0 Å². The monoisotopic (exact) mass is 193 g/mol. The molecule has 1 aromatic carbocycles. The van der Waals surface area contributed by atoms with Crippen molar-refractivity contribution in [1.82, 2.24) is 0 Å². The van der Waals surface area contributed by atoms with Crippen molar-refractivity contribution >= 4 is 11.7 Å². The number of hydrogen-bond donors (Lipinski definition) is 1. The summed E-state index contributed by atoms with van der Waals surface area (Å²) in [5.74, 6) is 0.103. The minimum absolute atomic E-state index is 0.455. The lowest BCUT2D eigenvalue weighted by molar-refractivity contribution is -0.210. The van der Waals surface area contributed by atoms with Gasteiger partial charge in [0.25, 0.3) is 0 Å². The minimum Gasteiger partial charge on any atom is -0.384 e. The van der Waals surface area contributed by atoms with Crippen molar-refractivity contribution in [3.63, 3.8) is 0 Å². The summed E-state index contributed by atoms with van der Waals surface area (Å²) < 4.78 is 0. The molecular formula is C10H11NO3.